The van der Waals surface area contributed by atoms with Crippen molar-refractivity contribution >= 4 is 12.3 Å². The molecule has 0 aliphatic heterocycles. The fraction of sp³-hybridized carbons (Fsp3) is 0.333. The number of carbonyl (C=O) groups excluding carboxylic acids is 2. The van der Waals surface area contributed by atoms with Crippen LogP contribution in [0.15, 0.2) is 12.1 Å². The number of methoxy groups -OCH3 is 2. The molecular formula is C12H14O7. The molecule has 19 heavy (non-hydrogen) atoms. The lowest BCUT2D eigenvalue weighted by Crippen LogP contribution is -2.29. The summed E-state index contributed by atoms with van der Waals surface area (Å²) in [5.41, 5.74) is -0.128. The minimum Gasteiger partial charge on any atom is -0.504 e. The number of aliphatic hydroxyl groups excluding tert-OH is 2. The molecule has 3 N–H and O–H groups in total. The Labute approximate surface area is 109 Å². The van der Waals surface area contributed by atoms with Gasteiger partial charge in [-0.1, -0.05) is 0 Å². The van der Waals surface area contributed by atoms with E-state index in [0.29, 0.717) is 6.29 Å². The van der Waals surface area contributed by atoms with E-state index in [4.69, 9.17) is 4.74 Å². The van der Waals surface area contributed by atoms with E-state index in [-0.39, 0.29) is 22.6 Å². The van der Waals surface area contributed by atoms with Gasteiger partial charge >= 0.3 is 5.97 Å². The van der Waals surface area contributed by atoms with Crippen LogP contribution in [0.5, 0.6) is 11.5 Å². The van der Waals surface area contributed by atoms with Crippen molar-refractivity contribution < 1.29 is 34.4 Å². The Morgan fingerprint density at radius 1 is 1.32 bits per heavy atom. The van der Waals surface area contributed by atoms with Crippen LogP contribution in [0.4, 0.5) is 0 Å². The number of rotatable bonds is 5. The van der Waals surface area contributed by atoms with Gasteiger partial charge in [0.25, 0.3) is 0 Å². The van der Waals surface area contributed by atoms with E-state index in [0.717, 1.165) is 19.2 Å². The molecule has 0 fully saturated rings. The van der Waals surface area contributed by atoms with Gasteiger partial charge < -0.3 is 24.8 Å². The summed E-state index contributed by atoms with van der Waals surface area (Å²) >= 11 is 0. The SMILES string of the molecule is COC(=O)C(O)C(O)c1cc(OC)c(O)cc1C=O. The summed E-state index contributed by atoms with van der Waals surface area (Å²) in [4.78, 5) is 22.0. The van der Waals surface area contributed by atoms with E-state index in [9.17, 15) is 24.9 Å². The second-order valence-corrected chi connectivity index (χ2v) is 3.68. The number of phenolic OH excluding ortho intramolecular Hbond substituents is 1. The number of hydrogen-bond acceptors (Lipinski definition) is 7. The first-order valence-electron chi connectivity index (χ1n) is 5.26. The van der Waals surface area contributed by atoms with Crippen LogP contribution in [-0.4, -0.2) is 47.9 Å². The number of carbonyl (C=O) groups is 2. The summed E-state index contributed by atoms with van der Waals surface area (Å²) in [6.07, 6.45) is -3.15. The summed E-state index contributed by atoms with van der Waals surface area (Å²) in [5.74, 6) is -1.35. The molecule has 0 saturated carbocycles. The number of ether oxygens (including phenoxy) is 2. The summed E-state index contributed by atoms with van der Waals surface area (Å²) in [7, 11) is 2.33. The second-order valence-electron chi connectivity index (χ2n) is 3.68. The van der Waals surface area contributed by atoms with Gasteiger partial charge in [0, 0.05) is 5.56 Å². The average molecular weight is 270 g/mol. The highest BCUT2D eigenvalue weighted by Gasteiger charge is 2.29. The van der Waals surface area contributed by atoms with E-state index in [1.807, 2.05) is 0 Å². The molecule has 1 aromatic rings. The van der Waals surface area contributed by atoms with Gasteiger partial charge in [0.2, 0.25) is 0 Å². The molecule has 2 atom stereocenters. The third kappa shape index (κ3) is 3.01. The van der Waals surface area contributed by atoms with Gasteiger partial charge in [0.15, 0.2) is 23.9 Å². The van der Waals surface area contributed by atoms with Crippen molar-refractivity contribution in [3.63, 3.8) is 0 Å². The fourth-order valence-electron chi connectivity index (χ4n) is 1.54. The van der Waals surface area contributed by atoms with Gasteiger partial charge in [0.1, 0.15) is 6.10 Å². The Hall–Kier alpha value is -2.12. The zero-order valence-electron chi connectivity index (χ0n) is 10.4. The number of phenols is 1. The Morgan fingerprint density at radius 3 is 2.42 bits per heavy atom. The van der Waals surface area contributed by atoms with Crippen LogP contribution in [-0.2, 0) is 9.53 Å². The number of aliphatic hydroxyl groups is 2. The van der Waals surface area contributed by atoms with E-state index >= 15 is 0 Å². The molecule has 7 heteroatoms. The van der Waals surface area contributed by atoms with E-state index in [1.165, 1.54) is 7.11 Å². The lowest BCUT2D eigenvalue weighted by atomic mass is 9.98. The second kappa shape index (κ2) is 6.17. The Balaban J connectivity index is 3.24. The van der Waals surface area contributed by atoms with E-state index < -0.39 is 18.2 Å². The highest BCUT2D eigenvalue weighted by Crippen LogP contribution is 2.32. The van der Waals surface area contributed by atoms with Crippen LogP contribution in [0.3, 0.4) is 0 Å². The molecular weight excluding hydrogens is 256 g/mol. The van der Waals surface area contributed by atoms with Crippen molar-refractivity contribution in [2.45, 2.75) is 12.2 Å². The van der Waals surface area contributed by atoms with E-state index in [1.54, 1.807) is 0 Å². The maximum atomic E-state index is 11.1. The molecule has 0 heterocycles. The minimum atomic E-state index is -1.85. The fourth-order valence-corrected chi connectivity index (χ4v) is 1.54. The minimum absolute atomic E-state index is 0.00304. The standard InChI is InChI=1S/C12H14O7/c1-18-9-4-7(6(5-13)3-8(9)14)10(15)11(16)12(17)19-2/h3-5,10-11,14-16H,1-2H3. The van der Waals surface area contributed by atoms with Gasteiger partial charge in [-0.05, 0) is 17.7 Å². The predicted molar refractivity (Wildman–Crippen MR) is 63.0 cm³/mol. The van der Waals surface area contributed by atoms with Crippen LogP contribution < -0.4 is 4.74 Å². The quantitative estimate of drug-likeness (QED) is 0.500. The molecule has 2 unspecified atom stereocenters. The van der Waals surface area contributed by atoms with Crippen molar-refractivity contribution in [1.29, 1.82) is 0 Å². The van der Waals surface area contributed by atoms with Gasteiger partial charge in [-0.15, -0.1) is 0 Å². The Bertz CT molecular complexity index is 483. The molecule has 0 aliphatic carbocycles. The normalized spacial score (nSPS) is 13.5. The molecule has 0 spiro atoms. The number of hydrogen-bond donors (Lipinski definition) is 3. The first kappa shape index (κ1) is 14.9. The maximum Gasteiger partial charge on any atom is 0.337 e. The summed E-state index contributed by atoms with van der Waals surface area (Å²) in [5, 5.41) is 28.9. The molecule has 1 rings (SSSR count). The lowest BCUT2D eigenvalue weighted by Gasteiger charge is -2.18. The number of benzene rings is 1. The van der Waals surface area contributed by atoms with Crippen LogP contribution in [0.25, 0.3) is 0 Å². The van der Waals surface area contributed by atoms with Crippen molar-refractivity contribution in [3.8, 4) is 11.5 Å². The predicted octanol–water partition coefficient (Wildman–Crippen LogP) is -0.219. The molecule has 7 nitrogen and oxygen atoms in total. The number of aldehydes is 1. The molecule has 0 radical (unpaired) electrons. The summed E-state index contributed by atoms with van der Waals surface area (Å²) in [6.45, 7) is 0. The molecule has 1 aromatic carbocycles. The van der Waals surface area contributed by atoms with Gasteiger partial charge in [-0.3, -0.25) is 4.79 Å². The molecule has 0 saturated heterocycles. The molecule has 0 aliphatic rings. The third-order valence-corrected chi connectivity index (χ3v) is 2.57. The Morgan fingerprint density at radius 2 is 1.95 bits per heavy atom. The van der Waals surface area contributed by atoms with Crippen molar-refractivity contribution in [1.82, 2.24) is 0 Å². The molecule has 0 amide bonds. The largest absolute Gasteiger partial charge is 0.504 e. The monoisotopic (exact) mass is 270 g/mol. The van der Waals surface area contributed by atoms with E-state index in [2.05, 4.69) is 4.74 Å². The van der Waals surface area contributed by atoms with Crippen LogP contribution in [0.1, 0.15) is 22.0 Å². The highest BCUT2D eigenvalue weighted by atomic mass is 16.5. The first-order chi connectivity index (χ1) is 8.96. The van der Waals surface area contributed by atoms with Crippen molar-refractivity contribution in [2.24, 2.45) is 0 Å². The van der Waals surface area contributed by atoms with Crippen LogP contribution >= 0.6 is 0 Å². The van der Waals surface area contributed by atoms with Crippen molar-refractivity contribution in [2.75, 3.05) is 14.2 Å². The first-order valence-corrected chi connectivity index (χ1v) is 5.26. The number of aromatic hydroxyl groups is 1. The van der Waals surface area contributed by atoms with Gasteiger partial charge in [0.05, 0.1) is 14.2 Å². The Kier molecular flexibility index (Phi) is 4.85. The van der Waals surface area contributed by atoms with Gasteiger partial charge in [-0.2, -0.15) is 0 Å². The van der Waals surface area contributed by atoms with Crippen LogP contribution in [0.2, 0.25) is 0 Å². The van der Waals surface area contributed by atoms with Crippen LogP contribution in [0, 0.1) is 0 Å². The molecule has 0 aromatic heterocycles. The summed E-state index contributed by atoms with van der Waals surface area (Å²) < 4.78 is 9.12. The highest BCUT2D eigenvalue weighted by molar-refractivity contribution is 5.81. The zero-order valence-corrected chi connectivity index (χ0v) is 10.4. The third-order valence-electron chi connectivity index (χ3n) is 2.57. The number of esters is 1. The molecule has 0 bridgehead atoms. The summed E-state index contributed by atoms with van der Waals surface area (Å²) in [6, 6.07) is 2.23. The zero-order chi connectivity index (χ0) is 14.6. The topological polar surface area (TPSA) is 113 Å². The average Bonchev–Trinajstić information content (AvgIpc) is 2.44. The van der Waals surface area contributed by atoms with Gasteiger partial charge in [-0.25, -0.2) is 4.79 Å². The lowest BCUT2D eigenvalue weighted by molar-refractivity contribution is -0.156. The molecule has 104 valence electrons. The maximum absolute atomic E-state index is 11.1. The van der Waals surface area contributed by atoms with Crippen molar-refractivity contribution in [3.05, 3.63) is 23.3 Å². The smallest absolute Gasteiger partial charge is 0.337 e.